The predicted octanol–water partition coefficient (Wildman–Crippen LogP) is 2.69. The van der Waals surface area contributed by atoms with Crippen LogP contribution in [-0.2, 0) is 0 Å². The van der Waals surface area contributed by atoms with E-state index in [1.54, 1.807) is 12.1 Å². The van der Waals surface area contributed by atoms with Gasteiger partial charge in [-0.3, -0.25) is 0 Å². The highest BCUT2D eigenvalue weighted by Crippen LogP contribution is 2.25. The highest BCUT2D eigenvalue weighted by molar-refractivity contribution is 5.47. The molecule has 0 fully saturated rings. The topological polar surface area (TPSA) is 49.7 Å². The monoisotopic (exact) mass is 248 g/mol. The molecular weight excluding hydrogens is 228 g/mol. The van der Waals surface area contributed by atoms with Crippen LogP contribution in [0.15, 0.2) is 18.2 Å². The molecule has 18 heavy (non-hydrogen) atoms. The van der Waals surface area contributed by atoms with Crippen molar-refractivity contribution in [3.63, 3.8) is 0 Å². The molecule has 98 valence electrons. The zero-order chi connectivity index (χ0) is 13.4. The number of benzene rings is 1. The Balaban J connectivity index is 2.61. The van der Waals surface area contributed by atoms with Crippen molar-refractivity contribution in [2.45, 2.75) is 38.7 Å². The van der Waals surface area contributed by atoms with Crippen LogP contribution in [0.1, 0.15) is 38.2 Å². The van der Waals surface area contributed by atoms with Crippen LogP contribution in [0.3, 0.4) is 0 Å². The van der Waals surface area contributed by atoms with E-state index in [0.717, 1.165) is 24.8 Å². The Morgan fingerprint density at radius 1 is 1.33 bits per heavy atom. The van der Waals surface area contributed by atoms with Gasteiger partial charge < -0.3 is 14.9 Å². The number of phenolic OH excluding ortho intramolecular Hbond substituents is 1. The summed E-state index contributed by atoms with van der Waals surface area (Å²) in [6.45, 7) is 2.13. The van der Waals surface area contributed by atoms with Crippen molar-refractivity contribution in [2.24, 2.45) is 0 Å². The lowest BCUT2D eigenvalue weighted by Crippen LogP contribution is -2.02. The fourth-order valence-electron chi connectivity index (χ4n) is 1.58. The van der Waals surface area contributed by atoms with Gasteiger partial charge in [-0.05, 0) is 31.0 Å². The van der Waals surface area contributed by atoms with Gasteiger partial charge in [0.05, 0.1) is 7.11 Å². The van der Waals surface area contributed by atoms with Crippen molar-refractivity contribution in [1.29, 1.82) is 0 Å². The summed E-state index contributed by atoms with van der Waals surface area (Å²) in [5.41, 5.74) is 0.721. The van der Waals surface area contributed by atoms with Gasteiger partial charge in [-0.25, -0.2) is 0 Å². The molecule has 0 bridgehead atoms. The Hall–Kier alpha value is -1.66. The van der Waals surface area contributed by atoms with E-state index in [0.29, 0.717) is 12.2 Å². The van der Waals surface area contributed by atoms with Gasteiger partial charge in [-0.15, -0.1) is 0 Å². The van der Waals surface area contributed by atoms with Crippen LogP contribution < -0.4 is 4.74 Å². The fraction of sp³-hybridized carbons (Fsp3) is 0.467. The average Bonchev–Trinajstić information content (AvgIpc) is 2.38. The second-order valence-corrected chi connectivity index (χ2v) is 4.17. The van der Waals surface area contributed by atoms with Gasteiger partial charge in [0.1, 0.15) is 6.10 Å². The van der Waals surface area contributed by atoms with E-state index in [9.17, 15) is 10.2 Å². The Morgan fingerprint density at radius 2 is 2.11 bits per heavy atom. The number of ether oxygens (including phenoxy) is 1. The van der Waals surface area contributed by atoms with Gasteiger partial charge in [-0.2, -0.15) is 0 Å². The SMILES string of the molecule is CCCCC[C@@H](O)C#Cc1ccc(O)c(OC)c1. The van der Waals surface area contributed by atoms with E-state index >= 15 is 0 Å². The van der Waals surface area contributed by atoms with Crippen molar-refractivity contribution in [3.8, 4) is 23.3 Å². The molecule has 3 nitrogen and oxygen atoms in total. The molecule has 0 radical (unpaired) electrons. The summed E-state index contributed by atoms with van der Waals surface area (Å²) >= 11 is 0. The van der Waals surface area contributed by atoms with Crippen LogP contribution in [0, 0.1) is 11.8 Å². The predicted molar refractivity (Wildman–Crippen MR) is 71.7 cm³/mol. The number of unbranched alkanes of at least 4 members (excludes halogenated alkanes) is 2. The normalized spacial score (nSPS) is 11.5. The quantitative estimate of drug-likeness (QED) is 0.622. The van der Waals surface area contributed by atoms with E-state index in [-0.39, 0.29) is 5.75 Å². The highest BCUT2D eigenvalue weighted by atomic mass is 16.5. The minimum atomic E-state index is -0.587. The first-order valence-electron chi connectivity index (χ1n) is 6.24. The number of aliphatic hydroxyl groups is 1. The molecule has 3 heteroatoms. The third kappa shape index (κ3) is 4.68. The zero-order valence-electron chi connectivity index (χ0n) is 10.9. The van der Waals surface area contributed by atoms with Gasteiger partial charge in [-0.1, -0.05) is 31.6 Å². The van der Waals surface area contributed by atoms with E-state index in [1.165, 1.54) is 13.2 Å². The van der Waals surface area contributed by atoms with E-state index in [2.05, 4.69) is 18.8 Å². The molecular formula is C15H20O3. The molecule has 0 aliphatic rings. The Bertz CT molecular complexity index is 429. The summed E-state index contributed by atoms with van der Waals surface area (Å²) in [5.74, 6) is 6.16. The summed E-state index contributed by atoms with van der Waals surface area (Å²) in [4.78, 5) is 0. The zero-order valence-corrected chi connectivity index (χ0v) is 10.9. The van der Waals surface area contributed by atoms with Crippen molar-refractivity contribution < 1.29 is 14.9 Å². The molecule has 1 atom stereocenters. The summed E-state index contributed by atoms with van der Waals surface area (Å²) in [5, 5.41) is 19.1. The van der Waals surface area contributed by atoms with Gasteiger partial charge >= 0.3 is 0 Å². The molecule has 0 saturated heterocycles. The lowest BCUT2D eigenvalue weighted by Gasteiger charge is -2.03. The maximum absolute atomic E-state index is 9.66. The maximum Gasteiger partial charge on any atom is 0.161 e. The third-order valence-corrected chi connectivity index (χ3v) is 2.64. The number of hydrogen-bond acceptors (Lipinski definition) is 3. The average molecular weight is 248 g/mol. The van der Waals surface area contributed by atoms with Crippen LogP contribution in [0.25, 0.3) is 0 Å². The summed E-state index contributed by atoms with van der Waals surface area (Å²) < 4.78 is 4.99. The van der Waals surface area contributed by atoms with Crippen molar-refractivity contribution in [1.82, 2.24) is 0 Å². The van der Waals surface area contributed by atoms with Crippen molar-refractivity contribution in [3.05, 3.63) is 23.8 Å². The molecule has 1 rings (SSSR count). The molecule has 0 heterocycles. The van der Waals surface area contributed by atoms with Crippen LogP contribution >= 0.6 is 0 Å². The molecule has 0 spiro atoms. The summed E-state index contributed by atoms with van der Waals surface area (Å²) in [7, 11) is 1.49. The molecule has 0 saturated carbocycles. The molecule has 0 aromatic heterocycles. The van der Waals surface area contributed by atoms with Crippen LogP contribution in [0.4, 0.5) is 0 Å². The molecule has 2 N–H and O–H groups in total. The first-order chi connectivity index (χ1) is 8.67. The number of hydrogen-bond donors (Lipinski definition) is 2. The first-order valence-corrected chi connectivity index (χ1v) is 6.24. The standard InChI is InChI=1S/C15H20O3/c1-3-4-5-6-13(16)9-7-12-8-10-14(17)15(11-12)18-2/h8,10-11,13,16-17H,3-6H2,1-2H3/t13-/m1/s1. The van der Waals surface area contributed by atoms with Crippen LogP contribution in [0.2, 0.25) is 0 Å². The number of aliphatic hydroxyl groups excluding tert-OH is 1. The van der Waals surface area contributed by atoms with E-state index < -0.39 is 6.10 Å². The molecule has 0 aliphatic carbocycles. The third-order valence-electron chi connectivity index (χ3n) is 2.64. The van der Waals surface area contributed by atoms with Crippen molar-refractivity contribution >= 4 is 0 Å². The first kappa shape index (κ1) is 14.4. The number of methoxy groups -OCH3 is 1. The van der Waals surface area contributed by atoms with Gasteiger partial charge in [0, 0.05) is 5.56 Å². The Kier molecular flexibility index (Phi) is 6.10. The van der Waals surface area contributed by atoms with Gasteiger partial charge in [0.15, 0.2) is 11.5 Å². The van der Waals surface area contributed by atoms with Gasteiger partial charge in [0.25, 0.3) is 0 Å². The largest absolute Gasteiger partial charge is 0.504 e. The van der Waals surface area contributed by atoms with Gasteiger partial charge in [0.2, 0.25) is 0 Å². The Labute approximate surface area is 108 Å². The number of phenols is 1. The maximum atomic E-state index is 9.66. The lowest BCUT2D eigenvalue weighted by molar-refractivity contribution is 0.217. The minimum absolute atomic E-state index is 0.0894. The number of aromatic hydroxyl groups is 1. The molecule has 1 aromatic carbocycles. The van der Waals surface area contributed by atoms with E-state index in [4.69, 9.17) is 4.74 Å². The molecule has 1 aromatic rings. The van der Waals surface area contributed by atoms with Crippen LogP contribution in [0.5, 0.6) is 11.5 Å². The summed E-state index contributed by atoms with van der Waals surface area (Å²) in [6, 6.07) is 4.89. The second kappa shape index (κ2) is 7.62. The molecule has 0 amide bonds. The fourth-order valence-corrected chi connectivity index (χ4v) is 1.58. The highest BCUT2D eigenvalue weighted by Gasteiger charge is 2.01. The minimum Gasteiger partial charge on any atom is -0.504 e. The summed E-state index contributed by atoms with van der Waals surface area (Å²) in [6.07, 6.45) is 3.36. The lowest BCUT2D eigenvalue weighted by atomic mass is 10.1. The van der Waals surface area contributed by atoms with Crippen LogP contribution in [-0.4, -0.2) is 23.4 Å². The second-order valence-electron chi connectivity index (χ2n) is 4.17. The molecule has 0 aliphatic heterocycles. The van der Waals surface area contributed by atoms with E-state index in [1.807, 2.05) is 0 Å². The smallest absolute Gasteiger partial charge is 0.161 e. The molecule has 0 unspecified atom stereocenters. The number of rotatable bonds is 5. The van der Waals surface area contributed by atoms with Crippen molar-refractivity contribution in [2.75, 3.05) is 7.11 Å². The Morgan fingerprint density at radius 3 is 2.78 bits per heavy atom.